The zero-order chi connectivity index (χ0) is 19.3. The number of benzene rings is 1. The van der Waals surface area contributed by atoms with Gasteiger partial charge in [-0.1, -0.05) is 30.5 Å². The Balaban J connectivity index is 1.56. The molecule has 1 N–H and O–H groups in total. The van der Waals surface area contributed by atoms with Crippen LogP contribution in [0.3, 0.4) is 0 Å². The van der Waals surface area contributed by atoms with Crippen LogP contribution in [0.15, 0.2) is 34.5 Å². The lowest BCUT2D eigenvalue weighted by Gasteiger charge is -2.19. The fourth-order valence-corrected chi connectivity index (χ4v) is 5.07. The number of nitrogens with zero attached hydrogens (tertiary/aromatic N) is 2. The smallest absolute Gasteiger partial charge is 0.263 e. The van der Waals surface area contributed by atoms with Gasteiger partial charge in [0, 0.05) is 24.9 Å². The largest absolute Gasteiger partial charge is 0.343 e. The molecule has 1 aliphatic heterocycles. The summed E-state index contributed by atoms with van der Waals surface area (Å²) in [4.78, 5) is 18.8. The number of aryl methyl sites for hydroxylation is 2. The molecule has 0 aliphatic carbocycles. The number of thiazole rings is 1. The second-order valence-electron chi connectivity index (χ2n) is 6.86. The predicted octanol–water partition coefficient (Wildman–Crippen LogP) is 3.59. The molecule has 146 valence electrons. The number of amides is 1. The zero-order valence-corrected chi connectivity index (χ0v) is 17.1. The van der Waals surface area contributed by atoms with Crippen LogP contribution < -0.4 is 4.72 Å². The van der Waals surface area contributed by atoms with Crippen molar-refractivity contribution in [2.24, 2.45) is 0 Å². The van der Waals surface area contributed by atoms with Gasteiger partial charge >= 0.3 is 0 Å². The van der Waals surface area contributed by atoms with E-state index in [2.05, 4.69) is 9.71 Å². The lowest BCUT2D eigenvalue weighted by Crippen LogP contribution is -2.31. The molecular weight excluding hydrogens is 382 g/mol. The normalized spacial score (nSPS) is 15.4. The van der Waals surface area contributed by atoms with Gasteiger partial charge in [0.05, 0.1) is 10.6 Å². The van der Waals surface area contributed by atoms with E-state index in [4.69, 9.17) is 0 Å². The lowest BCUT2D eigenvalue weighted by molar-refractivity contribution is -0.131. The van der Waals surface area contributed by atoms with Gasteiger partial charge in [-0.05, 0) is 38.3 Å². The van der Waals surface area contributed by atoms with Gasteiger partial charge in [-0.2, -0.15) is 0 Å². The Labute approximate surface area is 164 Å². The van der Waals surface area contributed by atoms with Crippen molar-refractivity contribution in [2.45, 2.75) is 50.3 Å². The molecule has 0 unspecified atom stereocenters. The number of likely N-dealkylation sites (tertiary alicyclic amines) is 1. The summed E-state index contributed by atoms with van der Waals surface area (Å²) in [5.41, 5.74) is 1.74. The standard InChI is InChI=1S/C19H25N3O3S2/c1-15-6-9-17(10-7-15)27(24,25)21-19-20-16(14-26-19)8-11-18(23)22-12-4-2-3-5-13-22/h6-7,9-10,14H,2-5,8,11-13H2,1H3,(H,20,21). The maximum Gasteiger partial charge on any atom is 0.263 e. The van der Waals surface area contributed by atoms with Crippen molar-refractivity contribution in [3.05, 3.63) is 40.9 Å². The van der Waals surface area contributed by atoms with E-state index in [0.717, 1.165) is 37.2 Å². The number of hydrogen-bond donors (Lipinski definition) is 1. The first-order valence-electron chi connectivity index (χ1n) is 9.26. The summed E-state index contributed by atoms with van der Waals surface area (Å²) in [5.74, 6) is 0.159. The Kier molecular flexibility index (Phi) is 6.49. The third-order valence-electron chi connectivity index (χ3n) is 4.66. The van der Waals surface area contributed by atoms with Crippen LogP contribution in [0.4, 0.5) is 5.13 Å². The summed E-state index contributed by atoms with van der Waals surface area (Å²) in [7, 11) is -3.65. The van der Waals surface area contributed by atoms with Gasteiger partial charge in [0.15, 0.2) is 5.13 Å². The minimum absolute atomic E-state index is 0.159. The van der Waals surface area contributed by atoms with Crippen molar-refractivity contribution < 1.29 is 13.2 Å². The van der Waals surface area contributed by atoms with Crippen molar-refractivity contribution in [2.75, 3.05) is 17.8 Å². The zero-order valence-electron chi connectivity index (χ0n) is 15.5. The van der Waals surface area contributed by atoms with Crippen LogP contribution in [-0.4, -0.2) is 37.3 Å². The summed E-state index contributed by atoms with van der Waals surface area (Å²) in [5, 5.41) is 2.13. The molecule has 1 aliphatic rings. The van der Waals surface area contributed by atoms with Crippen LogP contribution in [0.25, 0.3) is 0 Å². The van der Waals surface area contributed by atoms with Gasteiger partial charge in [0.25, 0.3) is 10.0 Å². The summed E-state index contributed by atoms with van der Waals surface area (Å²) in [6.45, 7) is 3.60. The highest BCUT2D eigenvalue weighted by molar-refractivity contribution is 7.93. The van der Waals surface area contributed by atoms with Crippen molar-refractivity contribution in [1.82, 2.24) is 9.88 Å². The van der Waals surface area contributed by atoms with Crippen LogP contribution >= 0.6 is 11.3 Å². The molecule has 1 aromatic carbocycles. The van der Waals surface area contributed by atoms with E-state index in [1.165, 1.54) is 24.2 Å². The molecule has 1 saturated heterocycles. The van der Waals surface area contributed by atoms with E-state index >= 15 is 0 Å². The SMILES string of the molecule is Cc1ccc(S(=O)(=O)Nc2nc(CCC(=O)N3CCCCCC3)cs2)cc1. The molecule has 1 amide bonds. The number of nitrogens with one attached hydrogen (secondary N) is 1. The average Bonchev–Trinajstić information content (AvgIpc) is 2.90. The Hall–Kier alpha value is -1.93. The minimum atomic E-state index is -3.65. The van der Waals surface area contributed by atoms with Gasteiger partial charge in [-0.25, -0.2) is 13.4 Å². The molecule has 0 radical (unpaired) electrons. The van der Waals surface area contributed by atoms with Crippen molar-refractivity contribution in [3.8, 4) is 0 Å². The Morgan fingerprint density at radius 2 is 1.81 bits per heavy atom. The van der Waals surface area contributed by atoms with Crippen LogP contribution in [0.1, 0.15) is 43.4 Å². The van der Waals surface area contributed by atoms with Crippen molar-refractivity contribution in [3.63, 3.8) is 0 Å². The molecule has 0 atom stereocenters. The van der Waals surface area contributed by atoms with E-state index < -0.39 is 10.0 Å². The highest BCUT2D eigenvalue weighted by atomic mass is 32.2. The highest BCUT2D eigenvalue weighted by Gasteiger charge is 2.18. The second kappa shape index (κ2) is 8.84. The first-order chi connectivity index (χ1) is 12.9. The molecule has 1 fully saturated rings. The lowest BCUT2D eigenvalue weighted by atomic mass is 10.2. The van der Waals surface area contributed by atoms with Crippen LogP contribution in [0.2, 0.25) is 0 Å². The van der Waals surface area contributed by atoms with Gasteiger partial charge in [-0.3, -0.25) is 9.52 Å². The summed E-state index contributed by atoms with van der Waals surface area (Å²) in [6.07, 6.45) is 5.48. The molecular formula is C19H25N3O3S2. The molecule has 2 heterocycles. The molecule has 6 nitrogen and oxygen atoms in total. The fourth-order valence-electron chi connectivity index (χ4n) is 3.07. The van der Waals surface area contributed by atoms with Gasteiger partial charge < -0.3 is 4.90 Å². The molecule has 27 heavy (non-hydrogen) atoms. The van der Waals surface area contributed by atoms with Crippen LogP contribution in [0.5, 0.6) is 0 Å². The molecule has 3 rings (SSSR count). The molecule has 0 bridgehead atoms. The van der Waals surface area contributed by atoms with E-state index in [-0.39, 0.29) is 10.8 Å². The number of sulfonamides is 1. The number of rotatable bonds is 6. The predicted molar refractivity (Wildman–Crippen MR) is 107 cm³/mol. The van der Waals surface area contributed by atoms with E-state index in [1.54, 1.807) is 24.3 Å². The van der Waals surface area contributed by atoms with Crippen LogP contribution in [-0.2, 0) is 21.2 Å². The molecule has 2 aromatic rings. The van der Waals surface area contributed by atoms with Crippen molar-refractivity contribution >= 4 is 32.4 Å². The molecule has 0 saturated carbocycles. The fraction of sp³-hybridized carbons (Fsp3) is 0.474. The monoisotopic (exact) mass is 407 g/mol. The number of hydrogen-bond acceptors (Lipinski definition) is 5. The van der Waals surface area contributed by atoms with Gasteiger partial charge in [-0.15, -0.1) is 11.3 Å². The van der Waals surface area contributed by atoms with Gasteiger partial charge in [0.1, 0.15) is 0 Å². The number of carbonyl (C=O) groups is 1. The number of aromatic nitrogens is 1. The number of anilines is 1. The Morgan fingerprint density at radius 3 is 2.48 bits per heavy atom. The molecule has 1 aromatic heterocycles. The molecule has 8 heteroatoms. The van der Waals surface area contributed by atoms with E-state index in [0.29, 0.717) is 18.0 Å². The Bertz CT molecular complexity index is 868. The first-order valence-corrected chi connectivity index (χ1v) is 11.6. The van der Waals surface area contributed by atoms with Gasteiger partial charge in [0.2, 0.25) is 5.91 Å². The summed E-state index contributed by atoms with van der Waals surface area (Å²) < 4.78 is 27.4. The first kappa shape index (κ1) is 19.8. The summed E-state index contributed by atoms with van der Waals surface area (Å²) >= 11 is 1.24. The quantitative estimate of drug-likeness (QED) is 0.794. The second-order valence-corrected chi connectivity index (χ2v) is 9.40. The third-order valence-corrected chi connectivity index (χ3v) is 6.95. The van der Waals surface area contributed by atoms with Crippen molar-refractivity contribution in [1.29, 1.82) is 0 Å². The maximum atomic E-state index is 12.4. The molecule has 0 spiro atoms. The minimum Gasteiger partial charge on any atom is -0.343 e. The van der Waals surface area contributed by atoms with E-state index in [9.17, 15) is 13.2 Å². The maximum absolute atomic E-state index is 12.4. The Morgan fingerprint density at radius 1 is 1.15 bits per heavy atom. The summed E-state index contributed by atoms with van der Waals surface area (Å²) in [6, 6.07) is 6.67. The number of carbonyl (C=O) groups excluding carboxylic acids is 1. The third kappa shape index (κ3) is 5.52. The topological polar surface area (TPSA) is 79.4 Å². The van der Waals surface area contributed by atoms with E-state index in [1.807, 2.05) is 17.2 Å². The van der Waals surface area contributed by atoms with Crippen LogP contribution in [0, 0.1) is 6.92 Å². The highest BCUT2D eigenvalue weighted by Crippen LogP contribution is 2.21. The average molecular weight is 408 g/mol.